The Bertz CT molecular complexity index is 406. The van der Waals surface area contributed by atoms with Crippen LogP contribution in [0.3, 0.4) is 0 Å². The van der Waals surface area contributed by atoms with E-state index in [1.54, 1.807) is 0 Å². The highest BCUT2D eigenvalue weighted by molar-refractivity contribution is 5.00. The van der Waals surface area contributed by atoms with Crippen LogP contribution in [0.1, 0.15) is 64.6 Å². The zero-order valence-corrected chi connectivity index (χ0v) is 13.1. The lowest BCUT2D eigenvalue weighted by Crippen LogP contribution is -2.43. The van der Waals surface area contributed by atoms with Gasteiger partial charge in [-0.3, -0.25) is 0 Å². The van der Waals surface area contributed by atoms with Gasteiger partial charge in [0, 0.05) is 25.3 Å². The Hall–Kier alpha value is -0.870. The standard InChI is InChI=1S/C16H29N3O/c1-4-14-5-7-16(20,8-6-14)11-17-9-15-10-18-12-19(15)13(2)3/h10,12-14,17,20H,4-9,11H2,1-3H3. The van der Waals surface area contributed by atoms with Crippen molar-refractivity contribution in [2.45, 2.75) is 71.1 Å². The lowest BCUT2D eigenvalue weighted by atomic mass is 9.78. The van der Waals surface area contributed by atoms with E-state index in [1.165, 1.54) is 25.0 Å². The Balaban J connectivity index is 1.79. The van der Waals surface area contributed by atoms with Crippen LogP contribution in [0.15, 0.2) is 12.5 Å². The van der Waals surface area contributed by atoms with Crippen LogP contribution in [0, 0.1) is 5.92 Å². The SMILES string of the molecule is CCC1CCC(O)(CNCc2cncn2C(C)C)CC1. The van der Waals surface area contributed by atoms with Gasteiger partial charge in [-0.2, -0.15) is 0 Å². The molecule has 0 amide bonds. The molecule has 0 aromatic carbocycles. The summed E-state index contributed by atoms with van der Waals surface area (Å²) in [6.45, 7) is 8.03. The third-order valence-corrected chi connectivity index (χ3v) is 4.68. The van der Waals surface area contributed by atoms with Crippen molar-refractivity contribution in [3.63, 3.8) is 0 Å². The predicted molar refractivity (Wildman–Crippen MR) is 81.5 cm³/mol. The quantitative estimate of drug-likeness (QED) is 0.842. The number of nitrogens with one attached hydrogen (secondary N) is 1. The molecule has 4 nitrogen and oxygen atoms in total. The van der Waals surface area contributed by atoms with Crippen molar-refractivity contribution in [3.8, 4) is 0 Å². The normalized spacial score (nSPS) is 27.1. The summed E-state index contributed by atoms with van der Waals surface area (Å²) in [5.74, 6) is 0.817. The predicted octanol–water partition coefficient (Wildman–Crippen LogP) is 2.88. The molecule has 1 fully saturated rings. The largest absolute Gasteiger partial charge is 0.389 e. The first-order valence-corrected chi connectivity index (χ1v) is 7.98. The summed E-state index contributed by atoms with van der Waals surface area (Å²) in [5, 5.41) is 14.0. The first-order valence-electron chi connectivity index (χ1n) is 7.98. The van der Waals surface area contributed by atoms with E-state index in [9.17, 15) is 5.11 Å². The number of hydrogen-bond donors (Lipinski definition) is 2. The van der Waals surface area contributed by atoms with E-state index in [0.717, 1.165) is 25.3 Å². The number of aromatic nitrogens is 2. The van der Waals surface area contributed by atoms with Crippen LogP contribution < -0.4 is 5.32 Å². The van der Waals surface area contributed by atoms with Crippen molar-refractivity contribution in [3.05, 3.63) is 18.2 Å². The van der Waals surface area contributed by atoms with Gasteiger partial charge in [0.25, 0.3) is 0 Å². The van der Waals surface area contributed by atoms with Gasteiger partial charge in [0.15, 0.2) is 0 Å². The Labute approximate surface area is 122 Å². The van der Waals surface area contributed by atoms with E-state index >= 15 is 0 Å². The average molecular weight is 279 g/mol. The molecule has 0 aliphatic heterocycles. The molecule has 1 saturated carbocycles. The fraction of sp³-hybridized carbons (Fsp3) is 0.812. The Morgan fingerprint density at radius 1 is 1.45 bits per heavy atom. The fourth-order valence-electron chi connectivity index (χ4n) is 3.16. The third-order valence-electron chi connectivity index (χ3n) is 4.68. The molecular formula is C16H29N3O. The molecule has 0 radical (unpaired) electrons. The van der Waals surface area contributed by atoms with Crippen LogP contribution in [-0.2, 0) is 6.54 Å². The fourth-order valence-corrected chi connectivity index (χ4v) is 3.16. The summed E-state index contributed by atoms with van der Waals surface area (Å²) in [6.07, 6.45) is 9.23. The Morgan fingerprint density at radius 3 is 2.75 bits per heavy atom. The number of imidazole rings is 1. The Morgan fingerprint density at radius 2 is 2.15 bits per heavy atom. The van der Waals surface area contributed by atoms with E-state index in [0.29, 0.717) is 12.6 Å². The summed E-state index contributed by atoms with van der Waals surface area (Å²) >= 11 is 0. The molecule has 0 spiro atoms. The Kier molecular flexibility index (Phi) is 5.22. The number of aliphatic hydroxyl groups is 1. The van der Waals surface area contributed by atoms with Crippen LogP contribution >= 0.6 is 0 Å². The molecule has 1 aromatic heterocycles. The molecule has 114 valence electrons. The number of rotatable bonds is 6. The molecule has 0 unspecified atom stereocenters. The van der Waals surface area contributed by atoms with Crippen LogP contribution in [0.5, 0.6) is 0 Å². The minimum atomic E-state index is -0.506. The maximum Gasteiger partial charge on any atom is 0.0951 e. The van der Waals surface area contributed by atoms with Crippen molar-refractivity contribution < 1.29 is 5.11 Å². The molecule has 1 heterocycles. The van der Waals surface area contributed by atoms with Gasteiger partial charge in [0.05, 0.1) is 17.6 Å². The van der Waals surface area contributed by atoms with Gasteiger partial charge in [0.2, 0.25) is 0 Å². The van der Waals surface area contributed by atoms with E-state index < -0.39 is 5.60 Å². The minimum absolute atomic E-state index is 0.428. The zero-order valence-electron chi connectivity index (χ0n) is 13.1. The average Bonchev–Trinajstić information content (AvgIpc) is 2.88. The van der Waals surface area contributed by atoms with Crippen LogP contribution in [-0.4, -0.2) is 26.8 Å². The van der Waals surface area contributed by atoms with Gasteiger partial charge in [-0.1, -0.05) is 13.3 Å². The summed E-state index contributed by atoms with van der Waals surface area (Å²) in [4.78, 5) is 4.21. The molecule has 1 aliphatic rings. The van der Waals surface area contributed by atoms with Gasteiger partial charge in [-0.15, -0.1) is 0 Å². The molecule has 1 aromatic rings. The minimum Gasteiger partial charge on any atom is -0.389 e. The lowest BCUT2D eigenvalue weighted by Gasteiger charge is -2.36. The second kappa shape index (κ2) is 6.72. The molecule has 0 bridgehead atoms. The summed E-state index contributed by atoms with van der Waals surface area (Å²) < 4.78 is 2.17. The van der Waals surface area contributed by atoms with Gasteiger partial charge >= 0.3 is 0 Å². The van der Waals surface area contributed by atoms with Gasteiger partial charge in [0.1, 0.15) is 0 Å². The van der Waals surface area contributed by atoms with E-state index in [4.69, 9.17) is 0 Å². The summed E-state index contributed by atoms with van der Waals surface area (Å²) in [5.41, 5.74) is 0.680. The lowest BCUT2D eigenvalue weighted by molar-refractivity contribution is -0.00891. The molecule has 1 aliphatic carbocycles. The van der Waals surface area contributed by atoms with Crippen LogP contribution in [0.4, 0.5) is 0 Å². The first kappa shape index (κ1) is 15.5. The second-order valence-electron chi connectivity index (χ2n) is 6.57. The number of nitrogens with zero attached hydrogens (tertiary/aromatic N) is 2. The number of hydrogen-bond acceptors (Lipinski definition) is 3. The maximum atomic E-state index is 10.6. The molecule has 0 atom stereocenters. The van der Waals surface area contributed by atoms with Crippen molar-refractivity contribution in [1.29, 1.82) is 0 Å². The molecule has 20 heavy (non-hydrogen) atoms. The molecule has 2 rings (SSSR count). The van der Waals surface area contributed by atoms with E-state index in [-0.39, 0.29) is 0 Å². The second-order valence-corrected chi connectivity index (χ2v) is 6.57. The van der Waals surface area contributed by atoms with Gasteiger partial charge < -0.3 is 15.0 Å². The van der Waals surface area contributed by atoms with Crippen molar-refractivity contribution >= 4 is 0 Å². The highest BCUT2D eigenvalue weighted by atomic mass is 16.3. The topological polar surface area (TPSA) is 50.1 Å². The van der Waals surface area contributed by atoms with Crippen molar-refractivity contribution in [2.75, 3.05) is 6.54 Å². The molecule has 4 heteroatoms. The highest BCUT2D eigenvalue weighted by Crippen LogP contribution is 2.33. The summed E-state index contributed by atoms with van der Waals surface area (Å²) in [7, 11) is 0. The maximum absolute atomic E-state index is 10.6. The first-order chi connectivity index (χ1) is 9.54. The monoisotopic (exact) mass is 279 g/mol. The van der Waals surface area contributed by atoms with Gasteiger partial charge in [-0.25, -0.2) is 4.98 Å². The van der Waals surface area contributed by atoms with Crippen molar-refractivity contribution in [1.82, 2.24) is 14.9 Å². The van der Waals surface area contributed by atoms with Gasteiger partial charge in [-0.05, 0) is 45.4 Å². The van der Waals surface area contributed by atoms with Crippen LogP contribution in [0.25, 0.3) is 0 Å². The summed E-state index contributed by atoms with van der Waals surface area (Å²) in [6, 6.07) is 0.428. The third kappa shape index (κ3) is 3.83. The van der Waals surface area contributed by atoms with E-state index in [1.807, 2.05) is 12.5 Å². The zero-order chi connectivity index (χ0) is 14.6. The highest BCUT2D eigenvalue weighted by Gasteiger charge is 2.32. The molecular weight excluding hydrogens is 250 g/mol. The van der Waals surface area contributed by atoms with Crippen molar-refractivity contribution in [2.24, 2.45) is 5.92 Å². The molecule has 0 saturated heterocycles. The molecule has 2 N–H and O–H groups in total. The van der Waals surface area contributed by atoms with Crippen LogP contribution in [0.2, 0.25) is 0 Å². The smallest absolute Gasteiger partial charge is 0.0951 e. The van der Waals surface area contributed by atoms with E-state index in [2.05, 4.69) is 35.6 Å².